The average molecular weight is 469 g/mol. The SMILES string of the molecule is CCOC(=O)/C=C/C[C@@H]1C[C@H](C[C@@H]2C[C@H](C/C=C/C(=O)OCC)OC(C)(C)O2)OC(C)(C)O1. The van der Waals surface area contributed by atoms with Crippen molar-refractivity contribution in [3.63, 3.8) is 0 Å². The number of hydrogen-bond acceptors (Lipinski definition) is 8. The molecule has 0 saturated carbocycles. The molecule has 2 rings (SSSR count). The van der Waals surface area contributed by atoms with Crippen LogP contribution in [0.25, 0.3) is 0 Å². The van der Waals surface area contributed by atoms with Gasteiger partial charge in [-0.2, -0.15) is 0 Å². The Morgan fingerprint density at radius 2 is 1.09 bits per heavy atom. The lowest BCUT2D eigenvalue weighted by molar-refractivity contribution is -0.324. The van der Waals surface area contributed by atoms with Crippen LogP contribution < -0.4 is 0 Å². The Labute approximate surface area is 197 Å². The molecule has 2 aliphatic heterocycles. The van der Waals surface area contributed by atoms with Gasteiger partial charge in [0.15, 0.2) is 11.6 Å². The van der Waals surface area contributed by atoms with E-state index in [1.807, 2.05) is 27.7 Å². The molecule has 0 aliphatic carbocycles. The topological polar surface area (TPSA) is 89.5 Å². The summed E-state index contributed by atoms with van der Waals surface area (Å²) >= 11 is 0. The maximum absolute atomic E-state index is 11.5. The maximum atomic E-state index is 11.5. The van der Waals surface area contributed by atoms with Gasteiger partial charge in [-0.25, -0.2) is 9.59 Å². The fourth-order valence-electron chi connectivity index (χ4n) is 4.32. The van der Waals surface area contributed by atoms with Crippen molar-refractivity contribution in [1.82, 2.24) is 0 Å². The number of esters is 2. The van der Waals surface area contributed by atoms with Crippen LogP contribution in [-0.2, 0) is 38.0 Å². The van der Waals surface area contributed by atoms with Crippen molar-refractivity contribution in [2.24, 2.45) is 0 Å². The van der Waals surface area contributed by atoms with Crippen LogP contribution in [0.3, 0.4) is 0 Å². The Kier molecular flexibility index (Phi) is 10.5. The Morgan fingerprint density at radius 1 is 0.727 bits per heavy atom. The van der Waals surface area contributed by atoms with Crippen LogP contribution in [-0.4, -0.2) is 61.1 Å². The lowest BCUT2D eigenvalue weighted by atomic mass is 9.96. The molecule has 2 saturated heterocycles. The molecule has 0 spiro atoms. The first-order valence-corrected chi connectivity index (χ1v) is 11.9. The van der Waals surface area contributed by atoms with Crippen molar-refractivity contribution in [3.05, 3.63) is 24.3 Å². The maximum Gasteiger partial charge on any atom is 0.330 e. The first kappa shape index (κ1) is 27.5. The summed E-state index contributed by atoms with van der Waals surface area (Å²) in [4.78, 5) is 23.1. The molecule has 0 bridgehead atoms. The van der Waals surface area contributed by atoms with E-state index in [1.165, 1.54) is 12.2 Å². The van der Waals surface area contributed by atoms with E-state index in [1.54, 1.807) is 26.0 Å². The van der Waals surface area contributed by atoms with Gasteiger partial charge in [-0.15, -0.1) is 0 Å². The lowest BCUT2D eigenvalue weighted by Crippen LogP contribution is -2.49. The molecule has 2 fully saturated rings. The van der Waals surface area contributed by atoms with Crippen molar-refractivity contribution in [2.75, 3.05) is 13.2 Å². The molecule has 8 nitrogen and oxygen atoms in total. The van der Waals surface area contributed by atoms with Crippen molar-refractivity contribution >= 4 is 11.9 Å². The highest BCUT2D eigenvalue weighted by Crippen LogP contribution is 2.35. The van der Waals surface area contributed by atoms with E-state index in [-0.39, 0.29) is 36.4 Å². The zero-order valence-corrected chi connectivity index (χ0v) is 20.8. The normalized spacial score (nSPS) is 29.3. The van der Waals surface area contributed by atoms with Gasteiger partial charge < -0.3 is 28.4 Å². The van der Waals surface area contributed by atoms with Gasteiger partial charge >= 0.3 is 11.9 Å². The molecule has 0 aromatic heterocycles. The molecule has 8 heteroatoms. The highest BCUT2D eigenvalue weighted by molar-refractivity contribution is 5.82. The molecule has 0 N–H and O–H groups in total. The largest absolute Gasteiger partial charge is 0.463 e. The molecule has 4 atom stereocenters. The third-order valence-corrected chi connectivity index (χ3v) is 5.26. The van der Waals surface area contributed by atoms with Gasteiger partial charge in [0.25, 0.3) is 0 Å². The summed E-state index contributed by atoms with van der Waals surface area (Å²) in [7, 11) is 0. The summed E-state index contributed by atoms with van der Waals surface area (Å²) in [6.07, 6.45) is 9.54. The summed E-state index contributed by atoms with van der Waals surface area (Å²) in [5.74, 6) is -2.15. The van der Waals surface area contributed by atoms with Crippen LogP contribution in [0.4, 0.5) is 0 Å². The minimum absolute atomic E-state index is 0.0515. The van der Waals surface area contributed by atoms with Gasteiger partial charge in [0.2, 0.25) is 0 Å². The van der Waals surface area contributed by atoms with Crippen molar-refractivity contribution in [2.45, 2.75) is 110 Å². The third kappa shape index (κ3) is 10.4. The Balaban J connectivity index is 1.94. The van der Waals surface area contributed by atoms with E-state index < -0.39 is 11.6 Å². The van der Waals surface area contributed by atoms with Crippen LogP contribution in [0.15, 0.2) is 24.3 Å². The monoisotopic (exact) mass is 468 g/mol. The lowest BCUT2D eigenvalue weighted by Gasteiger charge is -2.45. The molecule has 0 aromatic carbocycles. The molecule has 0 aromatic rings. The second kappa shape index (κ2) is 12.6. The Hall–Kier alpha value is -1.74. The minimum atomic E-state index is -0.728. The first-order valence-electron chi connectivity index (χ1n) is 11.9. The quantitative estimate of drug-likeness (QED) is 0.348. The van der Waals surface area contributed by atoms with Crippen LogP contribution in [0.5, 0.6) is 0 Å². The standard InChI is InChI=1S/C25H40O8/c1-7-28-22(26)13-9-11-18-15-20(32-24(3,4)30-18)17-21-16-19(31-25(5,6)33-21)12-10-14-23(27)29-8-2/h9-10,13-14,18-21H,7-8,11-12,15-17H2,1-6H3/b13-9+,14-10+/t18-,19+,20-,21+. The summed E-state index contributed by atoms with van der Waals surface area (Å²) < 4.78 is 34.3. The summed E-state index contributed by atoms with van der Waals surface area (Å²) in [5, 5.41) is 0. The van der Waals surface area contributed by atoms with E-state index in [0.29, 0.717) is 45.3 Å². The smallest absolute Gasteiger partial charge is 0.330 e. The van der Waals surface area contributed by atoms with Crippen molar-refractivity contribution < 1.29 is 38.0 Å². The van der Waals surface area contributed by atoms with E-state index in [4.69, 9.17) is 28.4 Å². The number of ether oxygens (including phenoxy) is 6. The molecular formula is C25H40O8. The molecule has 0 radical (unpaired) electrons. The van der Waals surface area contributed by atoms with Gasteiger partial charge in [-0.1, -0.05) is 12.2 Å². The van der Waals surface area contributed by atoms with E-state index in [2.05, 4.69) is 0 Å². The number of carbonyl (C=O) groups excluding carboxylic acids is 2. The minimum Gasteiger partial charge on any atom is -0.463 e. The Bertz CT molecular complexity index is 639. The summed E-state index contributed by atoms with van der Waals surface area (Å²) in [6.45, 7) is 11.9. The fraction of sp³-hybridized carbons (Fsp3) is 0.760. The van der Waals surface area contributed by atoms with Crippen molar-refractivity contribution in [1.29, 1.82) is 0 Å². The molecule has 2 aliphatic rings. The number of carbonyl (C=O) groups is 2. The van der Waals surface area contributed by atoms with Gasteiger partial charge in [-0.05, 0) is 54.4 Å². The van der Waals surface area contributed by atoms with E-state index >= 15 is 0 Å². The molecule has 188 valence electrons. The van der Waals surface area contributed by atoms with Gasteiger partial charge in [0.05, 0.1) is 37.6 Å². The van der Waals surface area contributed by atoms with Crippen molar-refractivity contribution in [3.8, 4) is 0 Å². The zero-order chi connectivity index (χ0) is 24.5. The zero-order valence-electron chi connectivity index (χ0n) is 20.8. The molecule has 0 unspecified atom stereocenters. The van der Waals surface area contributed by atoms with Crippen LogP contribution in [0, 0.1) is 0 Å². The van der Waals surface area contributed by atoms with Gasteiger partial charge in [0.1, 0.15) is 0 Å². The van der Waals surface area contributed by atoms with Crippen LogP contribution in [0.2, 0.25) is 0 Å². The summed E-state index contributed by atoms with van der Waals surface area (Å²) in [6, 6.07) is 0. The molecule has 33 heavy (non-hydrogen) atoms. The highest BCUT2D eigenvalue weighted by atomic mass is 16.7. The second-order valence-electron chi connectivity index (χ2n) is 9.25. The Morgan fingerprint density at radius 3 is 1.45 bits per heavy atom. The van der Waals surface area contributed by atoms with Gasteiger partial charge in [0, 0.05) is 31.4 Å². The van der Waals surface area contributed by atoms with Gasteiger partial charge in [-0.3, -0.25) is 0 Å². The first-order chi connectivity index (χ1) is 15.5. The average Bonchev–Trinajstić information content (AvgIpc) is 2.66. The van der Waals surface area contributed by atoms with E-state index in [0.717, 1.165) is 0 Å². The molecule has 2 heterocycles. The predicted molar refractivity (Wildman–Crippen MR) is 122 cm³/mol. The highest BCUT2D eigenvalue weighted by Gasteiger charge is 2.40. The summed E-state index contributed by atoms with van der Waals surface area (Å²) in [5.41, 5.74) is 0. The van der Waals surface area contributed by atoms with Crippen LogP contribution in [0.1, 0.15) is 73.6 Å². The second-order valence-corrected chi connectivity index (χ2v) is 9.25. The van der Waals surface area contributed by atoms with Crippen LogP contribution >= 0.6 is 0 Å². The van der Waals surface area contributed by atoms with E-state index in [9.17, 15) is 9.59 Å². The predicted octanol–water partition coefficient (Wildman–Crippen LogP) is 4.22. The number of hydrogen-bond donors (Lipinski definition) is 0. The fourth-order valence-corrected chi connectivity index (χ4v) is 4.32. The third-order valence-electron chi connectivity index (χ3n) is 5.26. The molecule has 0 amide bonds. The molecular weight excluding hydrogens is 428 g/mol. The number of rotatable bonds is 10.